The van der Waals surface area contributed by atoms with Crippen molar-refractivity contribution in [2.24, 2.45) is 0 Å². The quantitative estimate of drug-likeness (QED) is 0.845. The molecule has 1 aliphatic heterocycles. The van der Waals surface area contributed by atoms with E-state index in [2.05, 4.69) is 0 Å². The Bertz CT molecular complexity index is 507. The highest BCUT2D eigenvalue weighted by molar-refractivity contribution is 7.99. The van der Waals surface area contributed by atoms with Crippen LogP contribution in [0, 0.1) is 0 Å². The van der Waals surface area contributed by atoms with E-state index in [-0.39, 0.29) is 0 Å². The smallest absolute Gasteiger partial charge is 0.416 e. The minimum absolute atomic E-state index is 0.452. The Morgan fingerprint density at radius 1 is 1.43 bits per heavy atom. The number of carboxylic acid groups (broad SMARTS) is 1. The average molecular weight is 319 g/mol. The third kappa shape index (κ3) is 4.38. The van der Waals surface area contributed by atoms with Gasteiger partial charge in [-0.15, -0.1) is 11.8 Å². The molecular weight excluding hydrogens is 303 g/mol. The summed E-state index contributed by atoms with van der Waals surface area (Å²) in [6.45, 7) is 1.30. The first kappa shape index (κ1) is 16.2. The normalized spacial score (nSPS) is 19.9. The highest BCUT2D eigenvalue weighted by Gasteiger charge is 2.31. The molecule has 0 saturated carbocycles. The maximum Gasteiger partial charge on any atom is 0.416 e. The number of aliphatic carboxylic acids is 1. The Balaban J connectivity index is 1.88. The molecule has 1 aromatic carbocycles. The van der Waals surface area contributed by atoms with Crippen LogP contribution in [0.3, 0.4) is 0 Å². The van der Waals surface area contributed by atoms with Crippen molar-refractivity contribution in [2.45, 2.75) is 30.0 Å². The fourth-order valence-electron chi connectivity index (χ4n) is 2.42. The van der Waals surface area contributed by atoms with Gasteiger partial charge in [-0.1, -0.05) is 6.07 Å². The number of alkyl halides is 3. The van der Waals surface area contributed by atoms with Crippen LogP contribution in [0.2, 0.25) is 0 Å². The number of nitrogens with zero attached hydrogens (tertiary/aromatic N) is 1. The van der Waals surface area contributed by atoms with E-state index in [1.807, 2.05) is 4.90 Å². The maximum absolute atomic E-state index is 12.6. The van der Waals surface area contributed by atoms with Gasteiger partial charge in [-0.25, -0.2) is 0 Å². The molecule has 21 heavy (non-hydrogen) atoms. The molecule has 1 fully saturated rings. The van der Waals surface area contributed by atoms with Gasteiger partial charge < -0.3 is 5.11 Å². The predicted octanol–water partition coefficient (Wildman–Crippen LogP) is 3.35. The van der Waals surface area contributed by atoms with E-state index in [1.165, 1.54) is 17.8 Å². The van der Waals surface area contributed by atoms with E-state index in [0.717, 1.165) is 25.1 Å². The molecule has 116 valence electrons. The zero-order valence-corrected chi connectivity index (χ0v) is 12.1. The minimum Gasteiger partial charge on any atom is -0.480 e. The average Bonchev–Trinajstić information content (AvgIpc) is 2.87. The topological polar surface area (TPSA) is 40.5 Å². The molecule has 0 spiro atoms. The van der Waals surface area contributed by atoms with Crippen LogP contribution in [0.1, 0.15) is 18.4 Å². The molecule has 0 radical (unpaired) electrons. The van der Waals surface area contributed by atoms with Crippen molar-refractivity contribution in [3.63, 3.8) is 0 Å². The monoisotopic (exact) mass is 319 g/mol. The molecule has 3 nitrogen and oxygen atoms in total. The molecule has 1 N–H and O–H groups in total. The molecule has 1 unspecified atom stereocenters. The number of likely N-dealkylation sites (tertiary alicyclic amines) is 1. The van der Waals surface area contributed by atoms with Gasteiger partial charge in [0.1, 0.15) is 6.04 Å². The summed E-state index contributed by atoms with van der Waals surface area (Å²) in [5, 5.41) is 9.05. The van der Waals surface area contributed by atoms with Gasteiger partial charge in [0.05, 0.1) is 5.56 Å². The number of thioether (sulfide) groups is 1. The minimum atomic E-state index is -4.33. The summed E-state index contributed by atoms with van der Waals surface area (Å²) in [7, 11) is 0. The second-order valence-corrected chi connectivity index (χ2v) is 6.07. The van der Waals surface area contributed by atoms with Crippen molar-refractivity contribution in [3.8, 4) is 0 Å². The first-order valence-corrected chi connectivity index (χ1v) is 7.63. The van der Waals surface area contributed by atoms with E-state index < -0.39 is 23.8 Å². The molecule has 0 amide bonds. The largest absolute Gasteiger partial charge is 0.480 e. The van der Waals surface area contributed by atoms with Crippen molar-refractivity contribution in [2.75, 3.05) is 18.8 Å². The van der Waals surface area contributed by atoms with Crippen LogP contribution in [-0.2, 0) is 11.0 Å². The number of hydrogen-bond donors (Lipinski definition) is 1. The van der Waals surface area contributed by atoms with E-state index in [9.17, 15) is 18.0 Å². The Hall–Kier alpha value is -1.21. The first-order chi connectivity index (χ1) is 9.88. The number of halogens is 3. The van der Waals surface area contributed by atoms with Crippen LogP contribution in [0.25, 0.3) is 0 Å². The van der Waals surface area contributed by atoms with Crippen molar-refractivity contribution in [3.05, 3.63) is 29.8 Å². The molecule has 1 saturated heterocycles. The number of benzene rings is 1. The number of rotatable bonds is 5. The lowest BCUT2D eigenvalue weighted by Crippen LogP contribution is -2.37. The van der Waals surface area contributed by atoms with Crippen molar-refractivity contribution in [1.82, 2.24) is 4.90 Å². The molecule has 7 heteroatoms. The summed E-state index contributed by atoms with van der Waals surface area (Å²) < 4.78 is 37.8. The summed E-state index contributed by atoms with van der Waals surface area (Å²) >= 11 is 1.32. The molecule has 0 aromatic heterocycles. The summed E-state index contributed by atoms with van der Waals surface area (Å²) in [5.41, 5.74) is -0.655. The van der Waals surface area contributed by atoms with Crippen LogP contribution in [-0.4, -0.2) is 40.9 Å². The Morgan fingerprint density at radius 2 is 2.19 bits per heavy atom. The summed E-state index contributed by atoms with van der Waals surface area (Å²) in [5.74, 6) is -0.248. The third-order valence-electron chi connectivity index (χ3n) is 3.46. The van der Waals surface area contributed by atoms with Crippen molar-refractivity contribution >= 4 is 17.7 Å². The first-order valence-electron chi connectivity index (χ1n) is 6.65. The molecule has 0 aliphatic carbocycles. The lowest BCUT2D eigenvalue weighted by Gasteiger charge is -2.20. The van der Waals surface area contributed by atoms with Crippen LogP contribution in [0.15, 0.2) is 29.2 Å². The standard InChI is InChI=1S/C14H16F3NO2S/c15-14(16,17)10-3-1-4-11(9-10)21-8-7-18-6-2-5-12(18)13(19)20/h1,3-4,9,12H,2,5-8H2,(H,19,20). The number of carbonyl (C=O) groups is 1. The summed E-state index contributed by atoms with van der Waals surface area (Å²) in [4.78, 5) is 13.5. The van der Waals surface area contributed by atoms with Crippen LogP contribution >= 0.6 is 11.8 Å². The zero-order valence-electron chi connectivity index (χ0n) is 11.3. The lowest BCUT2D eigenvalue weighted by molar-refractivity contribution is -0.142. The summed E-state index contributed by atoms with van der Waals surface area (Å²) in [6.07, 6.45) is -2.84. The Labute approximate surface area is 125 Å². The van der Waals surface area contributed by atoms with E-state index in [1.54, 1.807) is 6.07 Å². The lowest BCUT2D eigenvalue weighted by atomic mass is 10.2. The second kappa shape index (κ2) is 6.70. The molecule has 1 atom stereocenters. The van der Waals surface area contributed by atoms with Gasteiger partial charge in [-0.2, -0.15) is 13.2 Å². The predicted molar refractivity (Wildman–Crippen MR) is 74.4 cm³/mol. The van der Waals surface area contributed by atoms with Crippen LogP contribution in [0.5, 0.6) is 0 Å². The highest BCUT2D eigenvalue weighted by atomic mass is 32.2. The number of hydrogen-bond acceptors (Lipinski definition) is 3. The maximum atomic E-state index is 12.6. The number of carboxylic acids is 1. The molecule has 1 aliphatic rings. The van der Waals surface area contributed by atoms with Crippen LogP contribution < -0.4 is 0 Å². The van der Waals surface area contributed by atoms with Gasteiger partial charge in [-0.05, 0) is 37.6 Å². The molecule has 1 heterocycles. The van der Waals surface area contributed by atoms with Gasteiger partial charge in [0.25, 0.3) is 0 Å². The van der Waals surface area contributed by atoms with E-state index in [0.29, 0.717) is 23.6 Å². The van der Waals surface area contributed by atoms with E-state index in [4.69, 9.17) is 5.11 Å². The van der Waals surface area contributed by atoms with Gasteiger partial charge >= 0.3 is 12.1 Å². The van der Waals surface area contributed by atoms with Gasteiger partial charge in [0, 0.05) is 17.2 Å². The van der Waals surface area contributed by atoms with E-state index >= 15 is 0 Å². The molecule has 0 bridgehead atoms. The summed E-state index contributed by atoms with van der Waals surface area (Å²) in [6, 6.07) is 4.75. The zero-order chi connectivity index (χ0) is 15.5. The molecule has 2 rings (SSSR count). The highest BCUT2D eigenvalue weighted by Crippen LogP contribution is 2.32. The SMILES string of the molecule is O=C(O)C1CCCN1CCSc1cccc(C(F)(F)F)c1. The van der Waals surface area contributed by atoms with Crippen molar-refractivity contribution < 1.29 is 23.1 Å². The van der Waals surface area contributed by atoms with Gasteiger partial charge in [0.2, 0.25) is 0 Å². The Kier molecular flexibility index (Phi) is 5.16. The fraction of sp³-hybridized carbons (Fsp3) is 0.500. The fourth-order valence-corrected chi connectivity index (χ4v) is 3.36. The van der Waals surface area contributed by atoms with Gasteiger partial charge in [0.15, 0.2) is 0 Å². The van der Waals surface area contributed by atoms with Crippen molar-refractivity contribution in [1.29, 1.82) is 0 Å². The van der Waals surface area contributed by atoms with Crippen LogP contribution in [0.4, 0.5) is 13.2 Å². The second-order valence-electron chi connectivity index (χ2n) is 4.91. The molecule has 1 aromatic rings. The van der Waals surface area contributed by atoms with Gasteiger partial charge in [-0.3, -0.25) is 9.69 Å². The molecular formula is C14H16F3NO2S. The third-order valence-corrected chi connectivity index (χ3v) is 4.43. The Morgan fingerprint density at radius 3 is 2.86 bits per heavy atom.